The Bertz CT molecular complexity index is 768. The topological polar surface area (TPSA) is 51.5 Å². The molecule has 0 spiro atoms. The molecule has 4 rings (SSSR count). The van der Waals surface area contributed by atoms with Crippen LogP contribution in [-0.2, 0) is 16.1 Å². The molecule has 0 aliphatic carbocycles. The zero-order valence-electron chi connectivity index (χ0n) is 19.1. The molecule has 5 nitrogen and oxygen atoms in total. The van der Waals surface area contributed by atoms with Gasteiger partial charge in [0.15, 0.2) is 0 Å². The van der Waals surface area contributed by atoms with E-state index in [-0.39, 0.29) is 5.56 Å². The van der Waals surface area contributed by atoms with Gasteiger partial charge in [0.1, 0.15) is 0 Å². The van der Waals surface area contributed by atoms with Gasteiger partial charge in [-0.2, -0.15) is 0 Å². The van der Waals surface area contributed by atoms with E-state index in [0.717, 1.165) is 44.8 Å². The summed E-state index contributed by atoms with van der Waals surface area (Å²) in [6, 6.07) is 5.58. The van der Waals surface area contributed by atoms with Crippen molar-refractivity contribution in [1.29, 1.82) is 0 Å². The van der Waals surface area contributed by atoms with Crippen molar-refractivity contribution in [3.63, 3.8) is 0 Å². The lowest BCUT2D eigenvalue weighted by atomic mass is 9.83. The number of pyridine rings is 1. The van der Waals surface area contributed by atoms with Gasteiger partial charge in [-0.05, 0) is 44.1 Å². The van der Waals surface area contributed by atoms with E-state index >= 15 is 0 Å². The van der Waals surface area contributed by atoms with Crippen LogP contribution in [0, 0.1) is 5.92 Å². The van der Waals surface area contributed by atoms with Crippen LogP contribution >= 0.6 is 0 Å². The van der Waals surface area contributed by atoms with E-state index in [9.17, 15) is 9.59 Å². The van der Waals surface area contributed by atoms with Gasteiger partial charge in [-0.1, -0.05) is 51.0 Å². The SMILES string of the molecule is O=C(CCCCCCCCCC[C@@H]1CCCO1)N1C[C@@H]2C[C@@H](C1)c1cccc(=O)n1C2. The van der Waals surface area contributed by atoms with Gasteiger partial charge in [-0.3, -0.25) is 9.59 Å². The number of carbonyl (C=O) groups is 1. The highest BCUT2D eigenvalue weighted by atomic mass is 16.5. The van der Waals surface area contributed by atoms with Crippen LogP contribution in [0.25, 0.3) is 0 Å². The molecule has 31 heavy (non-hydrogen) atoms. The van der Waals surface area contributed by atoms with Crippen molar-refractivity contribution in [2.75, 3.05) is 19.7 Å². The molecule has 3 aliphatic rings. The van der Waals surface area contributed by atoms with Crippen molar-refractivity contribution in [3.05, 3.63) is 34.2 Å². The van der Waals surface area contributed by atoms with E-state index in [0.29, 0.717) is 30.3 Å². The van der Waals surface area contributed by atoms with E-state index in [1.807, 2.05) is 10.6 Å². The van der Waals surface area contributed by atoms with Crippen LogP contribution in [0.15, 0.2) is 23.0 Å². The summed E-state index contributed by atoms with van der Waals surface area (Å²) >= 11 is 0. The van der Waals surface area contributed by atoms with Crippen LogP contribution in [0.2, 0.25) is 0 Å². The van der Waals surface area contributed by atoms with Gasteiger partial charge in [0.25, 0.3) is 5.56 Å². The minimum Gasteiger partial charge on any atom is -0.378 e. The molecule has 172 valence electrons. The number of ether oxygens (including phenoxy) is 1. The van der Waals surface area contributed by atoms with Gasteiger partial charge in [0.2, 0.25) is 5.91 Å². The molecule has 0 aromatic carbocycles. The average Bonchev–Trinajstić information content (AvgIpc) is 3.29. The third kappa shape index (κ3) is 6.21. The Kier molecular flexibility index (Phi) is 8.23. The normalized spacial score (nSPS) is 24.9. The monoisotopic (exact) mass is 428 g/mol. The number of unbranched alkanes of at least 4 members (excludes halogenated alkanes) is 7. The lowest BCUT2D eigenvalue weighted by Gasteiger charge is -2.42. The number of piperidine rings is 1. The van der Waals surface area contributed by atoms with Crippen molar-refractivity contribution < 1.29 is 9.53 Å². The van der Waals surface area contributed by atoms with Gasteiger partial charge in [0.05, 0.1) is 6.10 Å². The molecule has 0 radical (unpaired) electrons. The molecule has 2 bridgehead atoms. The van der Waals surface area contributed by atoms with Crippen molar-refractivity contribution in [2.24, 2.45) is 5.92 Å². The van der Waals surface area contributed by atoms with Crippen LogP contribution in [0.5, 0.6) is 0 Å². The van der Waals surface area contributed by atoms with E-state index in [1.54, 1.807) is 6.07 Å². The molecule has 2 saturated heterocycles. The van der Waals surface area contributed by atoms with Crippen LogP contribution < -0.4 is 5.56 Å². The lowest BCUT2D eigenvalue weighted by molar-refractivity contribution is -0.134. The summed E-state index contributed by atoms with van der Waals surface area (Å²) in [5, 5.41) is 0. The summed E-state index contributed by atoms with van der Waals surface area (Å²) in [7, 11) is 0. The first kappa shape index (κ1) is 22.6. The molecule has 1 aromatic rings. The van der Waals surface area contributed by atoms with Gasteiger partial charge < -0.3 is 14.2 Å². The van der Waals surface area contributed by atoms with Crippen LogP contribution in [0.4, 0.5) is 0 Å². The second-order valence-electron chi connectivity index (χ2n) is 10.00. The Morgan fingerprint density at radius 2 is 1.74 bits per heavy atom. The number of rotatable bonds is 11. The zero-order valence-corrected chi connectivity index (χ0v) is 19.1. The third-order valence-corrected chi connectivity index (χ3v) is 7.52. The maximum absolute atomic E-state index is 12.8. The molecular weight excluding hydrogens is 388 g/mol. The Labute approximate surface area is 187 Å². The predicted molar refractivity (Wildman–Crippen MR) is 123 cm³/mol. The Hall–Kier alpha value is -1.62. The summed E-state index contributed by atoms with van der Waals surface area (Å²) in [5.41, 5.74) is 1.23. The molecule has 0 unspecified atom stereocenters. The first-order valence-electron chi connectivity index (χ1n) is 12.8. The molecule has 1 aromatic heterocycles. The molecule has 0 N–H and O–H groups in total. The van der Waals surface area contributed by atoms with E-state index in [2.05, 4.69) is 11.0 Å². The molecule has 3 aliphatic heterocycles. The predicted octanol–water partition coefficient (Wildman–Crippen LogP) is 4.87. The molecule has 0 saturated carbocycles. The van der Waals surface area contributed by atoms with Crippen LogP contribution in [0.1, 0.15) is 95.1 Å². The van der Waals surface area contributed by atoms with Crippen molar-refractivity contribution >= 4 is 5.91 Å². The van der Waals surface area contributed by atoms with E-state index < -0.39 is 0 Å². The number of carbonyl (C=O) groups excluding carboxylic acids is 1. The number of hydrogen-bond donors (Lipinski definition) is 0. The first-order valence-corrected chi connectivity index (χ1v) is 12.8. The van der Waals surface area contributed by atoms with E-state index in [1.165, 1.54) is 64.2 Å². The van der Waals surface area contributed by atoms with Crippen molar-refractivity contribution in [3.8, 4) is 0 Å². The number of likely N-dealkylation sites (tertiary alicyclic amines) is 1. The Morgan fingerprint density at radius 1 is 0.968 bits per heavy atom. The van der Waals surface area contributed by atoms with Crippen molar-refractivity contribution in [1.82, 2.24) is 9.47 Å². The standard InChI is InChI=1S/C26H40N2O3/c29-25(14-8-6-4-2-1-3-5-7-11-23-12-10-16-31-23)27-18-21-17-22(20-27)24-13-9-15-26(30)28(24)19-21/h9,13,15,21-23H,1-8,10-12,14,16-20H2/t21-,22-,23+/m0/s1. The Balaban J connectivity index is 1.06. The summed E-state index contributed by atoms with van der Waals surface area (Å²) in [6.45, 7) is 3.34. The summed E-state index contributed by atoms with van der Waals surface area (Å²) in [4.78, 5) is 27.0. The molecule has 5 heteroatoms. The molecule has 3 atom stereocenters. The van der Waals surface area contributed by atoms with Crippen LogP contribution in [-0.4, -0.2) is 41.2 Å². The molecule has 2 fully saturated rings. The second kappa shape index (κ2) is 11.3. The number of fused-ring (bicyclic) bond motifs is 4. The smallest absolute Gasteiger partial charge is 0.250 e. The maximum Gasteiger partial charge on any atom is 0.250 e. The van der Waals surface area contributed by atoms with Gasteiger partial charge >= 0.3 is 0 Å². The van der Waals surface area contributed by atoms with Gasteiger partial charge in [0, 0.05) is 50.3 Å². The quantitative estimate of drug-likeness (QED) is 0.472. The minimum absolute atomic E-state index is 0.106. The van der Waals surface area contributed by atoms with Gasteiger partial charge in [-0.25, -0.2) is 0 Å². The molecule has 4 heterocycles. The summed E-state index contributed by atoms with van der Waals surface area (Å²) < 4.78 is 7.62. The summed E-state index contributed by atoms with van der Waals surface area (Å²) in [5.74, 6) is 1.07. The molecular formula is C26H40N2O3. The fraction of sp³-hybridized carbons (Fsp3) is 0.769. The number of hydrogen-bond acceptors (Lipinski definition) is 3. The fourth-order valence-corrected chi connectivity index (χ4v) is 5.84. The number of aromatic nitrogens is 1. The average molecular weight is 429 g/mol. The highest BCUT2D eigenvalue weighted by molar-refractivity contribution is 5.76. The van der Waals surface area contributed by atoms with Crippen molar-refractivity contribution in [2.45, 2.75) is 102 Å². The van der Waals surface area contributed by atoms with Crippen LogP contribution in [0.3, 0.4) is 0 Å². The third-order valence-electron chi connectivity index (χ3n) is 7.52. The largest absolute Gasteiger partial charge is 0.378 e. The van der Waals surface area contributed by atoms with E-state index in [4.69, 9.17) is 4.74 Å². The maximum atomic E-state index is 12.8. The molecule has 1 amide bonds. The highest BCUT2D eigenvalue weighted by Gasteiger charge is 2.35. The second-order valence-corrected chi connectivity index (χ2v) is 10.00. The minimum atomic E-state index is 0.106. The fourth-order valence-electron chi connectivity index (χ4n) is 5.84. The first-order chi connectivity index (χ1) is 15.2. The number of nitrogens with zero attached hydrogens (tertiary/aromatic N) is 2. The highest BCUT2D eigenvalue weighted by Crippen LogP contribution is 2.35. The van der Waals surface area contributed by atoms with Gasteiger partial charge in [-0.15, -0.1) is 0 Å². The Morgan fingerprint density at radius 3 is 2.52 bits per heavy atom. The number of amides is 1. The zero-order chi connectivity index (χ0) is 21.5. The summed E-state index contributed by atoms with van der Waals surface area (Å²) in [6.07, 6.45) is 16.2. The lowest BCUT2D eigenvalue weighted by Crippen LogP contribution is -2.49.